The molecular weight excluding hydrogens is 612 g/mol. The molecular formula is C43H76O6. The summed E-state index contributed by atoms with van der Waals surface area (Å²) in [4.78, 5) is 37.4. The minimum Gasteiger partial charge on any atom is -0.462 e. The number of carbonyl (C=O) groups excluding carboxylic acids is 3. The van der Waals surface area contributed by atoms with Crippen LogP contribution in [0.15, 0.2) is 37.0 Å². The molecule has 1 unspecified atom stereocenters. The number of ether oxygens (including phenoxy) is 3. The van der Waals surface area contributed by atoms with Crippen molar-refractivity contribution in [2.24, 2.45) is 0 Å². The first-order valence-corrected chi connectivity index (χ1v) is 20.4. The SMILES string of the molecule is C=CCCCCCCCC(=O)OCC(COC(=O)CCCCCCCC=CCCCCCCCC)OC(=O)CCCCCCCC=CCC. The van der Waals surface area contributed by atoms with E-state index >= 15 is 0 Å². The summed E-state index contributed by atoms with van der Waals surface area (Å²) in [5, 5.41) is 0. The zero-order chi connectivity index (χ0) is 35.9. The van der Waals surface area contributed by atoms with Crippen LogP contribution in [0.5, 0.6) is 0 Å². The highest BCUT2D eigenvalue weighted by Gasteiger charge is 2.19. The molecule has 0 aliphatic heterocycles. The van der Waals surface area contributed by atoms with Gasteiger partial charge in [0.25, 0.3) is 0 Å². The standard InChI is InChI=1S/C43H76O6/c1-4-7-10-13-16-18-19-20-21-22-23-25-27-30-33-36-42(45)48-39-40(38-47-41(44)35-32-29-26-15-12-9-6-3)49-43(46)37-34-31-28-24-17-14-11-8-5-2/h6,8,11,20-21,40H,3-5,7,9-10,12-19,22-39H2,1-2H3. The molecule has 0 aliphatic carbocycles. The summed E-state index contributed by atoms with van der Waals surface area (Å²) < 4.78 is 16.5. The smallest absolute Gasteiger partial charge is 0.306 e. The van der Waals surface area contributed by atoms with E-state index in [1.165, 1.54) is 64.2 Å². The van der Waals surface area contributed by atoms with E-state index in [0.717, 1.165) is 103 Å². The maximum absolute atomic E-state index is 12.6. The topological polar surface area (TPSA) is 78.9 Å². The molecule has 0 aromatic heterocycles. The highest BCUT2D eigenvalue weighted by atomic mass is 16.6. The number of carbonyl (C=O) groups is 3. The average molecular weight is 689 g/mol. The predicted molar refractivity (Wildman–Crippen MR) is 206 cm³/mol. The van der Waals surface area contributed by atoms with Crippen LogP contribution in [0.25, 0.3) is 0 Å². The van der Waals surface area contributed by atoms with Gasteiger partial charge in [-0.25, -0.2) is 0 Å². The molecule has 0 aliphatic rings. The number of allylic oxidation sites excluding steroid dienone is 5. The van der Waals surface area contributed by atoms with Gasteiger partial charge in [0.1, 0.15) is 13.2 Å². The van der Waals surface area contributed by atoms with Crippen LogP contribution in [0.1, 0.15) is 200 Å². The molecule has 0 bridgehead atoms. The Bertz CT molecular complexity index is 832. The van der Waals surface area contributed by atoms with Gasteiger partial charge in [-0.05, 0) is 77.0 Å². The van der Waals surface area contributed by atoms with Crippen LogP contribution >= 0.6 is 0 Å². The number of hydrogen-bond acceptors (Lipinski definition) is 6. The molecule has 0 saturated carbocycles. The predicted octanol–water partition coefficient (Wildman–Crippen LogP) is 12.6. The number of hydrogen-bond donors (Lipinski definition) is 0. The van der Waals surface area contributed by atoms with Crippen LogP contribution in [0, 0.1) is 0 Å². The summed E-state index contributed by atoms with van der Waals surface area (Å²) in [5.74, 6) is -0.935. The van der Waals surface area contributed by atoms with Crippen LogP contribution in [0.4, 0.5) is 0 Å². The van der Waals surface area contributed by atoms with Crippen molar-refractivity contribution in [3.05, 3.63) is 37.0 Å². The lowest BCUT2D eigenvalue weighted by atomic mass is 10.1. The molecule has 0 amide bonds. The third kappa shape index (κ3) is 36.7. The van der Waals surface area contributed by atoms with E-state index in [9.17, 15) is 14.4 Å². The summed E-state index contributed by atoms with van der Waals surface area (Å²) in [6, 6.07) is 0. The van der Waals surface area contributed by atoms with E-state index in [2.05, 4.69) is 44.7 Å². The average Bonchev–Trinajstić information content (AvgIpc) is 3.10. The van der Waals surface area contributed by atoms with Crippen molar-refractivity contribution in [3.8, 4) is 0 Å². The lowest BCUT2D eigenvalue weighted by Gasteiger charge is -2.18. The molecule has 0 radical (unpaired) electrons. The Kier molecular flexibility index (Phi) is 36.6. The Hall–Kier alpha value is -2.37. The van der Waals surface area contributed by atoms with Crippen molar-refractivity contribution in [1.29, 1.82) is 0 Å². The second-order valence-electron chi connectivity index (χ2n) is 13.6. The van der Waals surface area contributed by atoms with Crippen molar-refractivity contribution >= 4 is 17.9 Å². The van der Waals surface area contributed by atoms with Crippen LogP contribution in [0.3, 0.4) is 0 Å². The zero-order valence-electron chi connectivity index (χ0n) is 32.0. The van der Waals surface area contributed by atoms with Crippen LogP contribution in [0.2, 0.25) is 0 Å². The van der Waals surface area contributed by atoms with Crippen molar-refractivity contribution in [1.82, 2.24) is 0 Å². The molecule has 1 atom stereocenters. The summed E-state index contributed by atoms with van der Waals surface area (Å²) in [6.07, 6.45) is 40.4. The van der Waals surface area contributed by atoms with Crippen LogP contribution < -0.4 is 0 Å². The minimum atomic E-state index is -0.779. The van der Waals surface area contributed by atoms with E-state index in [-0.39, 0.29) is 31.1 Å². The van der Waals surface area contributed by atoms with Gasteiger partial charge in [0.15, 0.2) is 6.10 Å². The summed E-state index contributed by atoms with van der Waals surface area (Å²) in [7, 11) is 0. The van der Waals surface area contributed by atoms with Crippen LogP contribution in [-0.4, -0.2) is 37.2 Å². The highest BCUT2D eigenvalue weighted by molar-refractivity contribution is 5.71. The number of unbranched alkanes of at least 4 members (excludes halogenated alkanes) is 21. The Morgan fingerprint density at radius 3 is 1.27 bits per heavy atom. The molecule has 284 valence electrons. The Labute approximate surface area is 302 Å². The second kappa shape index (κ2) is 38.4. The maximum atomic E-state index is 12.6. The fourth-order valence-corrected chi connectivity index (χ4v) is 5.65. The Balaban J connectivity index is 4.30. The summed E-state index contributed by atoms with van der Waals surface area (Å²) in [6.45, 7) is 7.97. The molecule has 0 rings (SSSR count). The van der Waals surface area contributed by atoms with Gasteiger partial charge in [-0.1, -0.05) is 134 Å². The van der Waals surface area contributed by atoms with E-state index in [4.69, 9.17) is 14.2 Å². The number of rotatable bonds is 37. The van der Waals surface area contributed by atoms with E-state index in [1.54, 1.807) is 0 Å². The van der Waals surface area contributed by atoms with E-state index in [1.807, 2.05) is 6.08 Å². The molecule has 6 heteroatoms. The summed E-state index contributed by atoms with van der Waals surface area (Å²) in [5.41, 5.74) is 0. The van der Waals surface area contributed by atoms with Crippen LogP contribution in [-0.2, 0) is 28.6 Å². The van der Waals surface area contributed by atoms with Gasteiger partial charge in [-0.2, -0.15) is 0 Å². The van der Waals surface area contributed by atoms with E-state index in [0.29, 0.717) is 19.3 Å². The fourth-order valence-electron chi connectivity index (χ4n) is 5.65. The minimum absolute atomic E-state index is 0.0858. The van der Waals surface area contributed by atoms with Gasteiger partial charge < -0.3 is 14.2 Å². The quantitative estimate of drug-likeness (QED) is 0.0280. The molecule has 0 aromatic carbocycles. The Morgan fingerprint density at radius 2 is 0.837 bits per heavy atom. The molecule has 0 heterocycles. The first-order valence-electron chi connectivity index (χ1n) is 20.4. The Morgan fingerprint density at radius 1 is 0.469 bits per heavy atom. The third-order valence-electron chi connectivity index (χ3n) is 8.74. The van der Waals surface area contributed by atoms with Gasteiger partial charge in [0, 0.05) is 19.3 Å². The van der Waals surface area contributed by atoms with Crippen molar-refractivity contribution < 1.29 is 28.6 Å². The van der Waals surface area contributed by atoms with E-state index < -0.39 is 6.10 Å². The third-order valence-corrected chi connectivity index (χ3v) is 8.74. The van der Waals surface area contributed by atoms with Gasteiger partial charge in [-0.15, -0.1) is 6.58 Å². The van der Waals surface area contributed by atoms with Crippen molar-refractivity contribution in [3.63, 3.8) is 0 Å². The lowest BCUT2D eigenvalue weighted by Crippen LogP contribution is -2.30. The first-order chi connectivity index (χ1) is 24.0. The van der Waals surface area contributed by atoms with Gasteiger partial charge >= 0.3 is 17.9 Å². The fraction of sp³-hybridized carbons (Fsp3) is 0.791. The van der Waals surface area contributed by atoms with Gasteiger partial charge in [0.2, 0.25) is 0 Å². The zero-order valence-corrected chi connectivity index (χ0v) is 32.0. The van der Waals surface area contributed by atoms with Crippen molar-refractivity contribution in [2.45, 2.75) is 206 Å². The highest BCUT2D eigenvalue weighted by Crippen LogP contribution is 2.13. The molecule has 6 nitrogen and oxygen atoms in total. The van der Waals surface area contributed by atoms with Crippen molar-refractivity contribution in [2.75, 3.05) is 13.2 Å². The largest absolute Gasteiger partial charge is 0.462 e. The molecule has 0 N–H and O–H groups in total. The summed E-state index contributed by atoms with van der Waals surface area (Å²) >= 11 is 0. The molecule has 0 saturated heterocycles. The monoisotopic (exact) mass is 689 g/mol. The number of esters is 3. The second-order valence-corrected chi connectivity index (χ2v) is 13.6. The first kappa shape index (κ1) is 46.6. The van der Waals surface area contributed by atoms with Gasteiger partial charge in [-0.3, -0.25) is 14.4 Å². The normalized spacial score (nSPS) is 12.0. The molecule has 0 fully saturated rings. The maximum Gasteiger partial charge on any atom is 0.306 e. The molecule has 0 spiro atoms. The lowest BCUT2D eigenvalue weighted by molar-refractivity contribution is -0.167. The van der Waals surface area contributed by atoms with Gasteiger partial charge in [0.05, 0.1) is 0 Å². The molecule has 0 aromatic rings. The molecule has 49 heavy (non-hydrogen) atoms.